The van der Waals surface area contributed by atoms with Crippen molar-refractivity contribution in [2.24, 2.45) is 0 Å². The first-order valence-corrected chi connectivity index (χ1v) is 5.64. The van der Waals surface area contributed by atoms with E-state index >= 15 is 0 Å². The van der Waals surface area contributed by atoms with Crippen LogP contribution in [0, 0.1) is 17.1 Å². The van der Waals surface area contributed by atoms with Gasteiger partial charge in [-0.1, -0.05) is 6.07 Å². The molecule has 1 heterocycles. The zero-order valence-corrected chi connectivity index (χ0v) is 10.2. The van der Waals surface area contributed by atoms with Gasteiger partial charge in [-0.2, -0.15) is 5.26 Å². The molecule has 0 amide bonds. The molecule has 0 aliphatic carbocycles. The molecule has 0 radical (unpaired) electrons. The van der Waals surface area contributed by atoms with E-state index in [2.05, 4.69) is 0 Å². The maximum Gasteiger partial charge on any atom is 0.352 e. The Morgan fingerprint density at radius 1 is 1.35 bits per heavy atom. The van der Waals surface area contributed by atoms with E-state index in [1.165, 1.54) is 24.3 Å². The number of carboxylic acids is 1. The predicted molar refractivity (Wildman–Crippen MR) is 67.9 cm³/mol. The molecule has 5 nitrogen and oxygen atoms in total. The topological polar surface area (TPSA) is 83.1 Å². The van der Waals surface area contributed by atoms with Crippen LogP contribution in [0.1, 0.15) is 21.6 Å². The van der Waals surface area contributed by atoms with Crippen LogP contribution >= 0.6 is 0 Å². The molecule has 0 saturated carbocycles. The van der Waals surface area contributed by atoms with Gasteiger partial charge in [0, 0.05) is 6.07 Å². The van der Waals surface area contributed by atoms with Crippen LogP contribution in [0.2, 0.25) is 0 Å². The third-order valence-corrected chi connectivity index (χ3v) is 2.79. The molecule has 0 fully saturated rings. The quantitative estimate of drug-likeness (QED) is 0.920. The van der Waals surface area contributed by atoms with Crippen LogP contribution in [0.15, 0.2) is 41.2 Å². The molecular formula is C14H9FN2O3. The van der Waals surface area contributed by atoms with E-state index in [0.717, 1.165) is 16.7 Å². The standard InChI is InChI=1S/C14H9FN2O3/c15-11-5-4-9(7-16)10(6-11)8-17-12(14(19)20)2-1-3-13(17)18/h1-6H,8H2,(H,19,20). The monoisotopic (exact) mass is 272 g/mol. The Labute approximate surface area is 113 Å². The van der Waals surface area contributed by atoms with Gasteiger partial charge in [0.05, 0.1) is 18.2 Å². The summed E-state index contributed by atoms with van der Waals surface area (Å²) in [4.78, 5) is 22.8. The molecule has 2 rings (SSSR count). The summed E-state index contributed by atoms with van der Waals surface area (Å²) in [5.41, 5.74) is -0.300. The first kappa shape index (κ1) is 13.5. The Bertz CT molecular complexity index is 775. The van der Waals surface area contributed by atoms with Crippen LogP contribution in [0.4, 0.5) is 4.39 Å². The number of hydrogen-bond acceptors (Lipinski definition) is 3. The zero-order valence-electron chi connectivity index (χ0n) is 10.2. The zero-order chi connectivity index (χ0) is 14.7. The Balaban J connectivity index is 2.56. The number of carbonyl (C=O) groups is 1. The highest BCUT2D eigenvalue weighted by Crippen LogP contribution is 2.12. The van der Waals surface area contributed by atoms with Crippen LogP contribution in [-0.4, -0.2) is 15.6 Å². The van der Waals surface area contributed by atoms with Crippen molar-refractivity contribution in [3.05, 3.63) is 69.4 Å². The molecule has 6 heteroatoms. The molecule has 2 aromatic rings. The molecule has 0 aliphatic heterocycles. The van der Waals surface area contributed by atoms with E-state index in [9.17, 15) is 14.0 Å². The molecule has 0 spiro atoms. The summed E-state index contributed by atoms with van der Waals surface area (Å²) in [6, 6.07) is 9.23. The first-order valence-electron chi connectivity index (χ1n) is 5.64. The highest BCUT2D eigenvalue weighted by molar-refractivity contribution is 5.85. The molecule has 100 valence electrons. The summed E-state index contributed by atoms with van der Waals surface area (Å²) in [6.45, 7) is -0.179. The van der Waals surface area contributed by atoms with Gasteiger partial charge in [-0.15, -0.1) is 0 Å². The number of carboxylic acid groups (broad SMARTS) is 1. The Morgan fingerprint density at radius 3 is 2.75 bits per heavy atom. The normalized spacial score (nSPS) is 10.0. The average molecular weight is 272 g/mol. The van der Waals surface area contributed by atoms with E-state index in [0.29, 0.717) is 0 Å². The highest BCUT2D eigenvalue weighted by Gasteiger charge is 2.13. The lowest BCUT2D eigenvalue weighted by Gasteiger charge is -2.10. The molecule has 0 atom stereocenters. The highest BCUT2D eigenvalue weighted by atomic mass is 19.1. The van der Waals surface area contributed by atoms with Crippen molar-refractivity contribution < 1.29 is 14.3 Å². The molecule has 0 saturated heterocycles. The summed E-state index contributed by atoms with van der Waals surface area (Å²) in [5, 5.41) is 18.0. The summed E-state index contributed by atoms with van der Waals surface area (Å²) in [7, 11) is 0. The lowest BCUT2D eigenvalue weighted by atomic mass is 10.1. The van der Waals surface area contributed by atoms with Crippen molar-refractivity contribution in [3.63, 3.8) is 0 Å². The second-order valence-corrected chi connectivity index (χ2v) is 4.05. The van der Waals surface area contributed by atoms with Gasteiger partial charge in [0.25, 0.3) is 5.56 Å². The third-order valence-electron chi connectivity index (χ3n) is 2.79. The molecule has 0 bridgehead atoms. The van der Waals surface area contributed by atoms with Gasteiger partial charge in [0.1, 0.15) is 11.5 Å². The Morgan fingerprint density at radius 2 is 2.10 bits per heavy atom. The fourth-order valence-electron chi connectivity index (χ4n) is 1.84. The van der Waals surface area contributed by atoms with Crippen LogP contribution in [0.3, 0.4) is 0 Å². The maximum atomic E-state index is 13.2. The minimum absolute atomic E-state index is 0.179. The lowest BCUT2D eigenvalue weighted by Crippen LogP contribution is -2.25. The van der Waals surface area contributed by atoms with Crippen LogP contribution < -0.4 is 5.56 Å². The van der Waals surface area contributed by atoms with E-state index in [1.807, 2.05) is 6.07 Å². The van der Waals surface area contributed by atoms with Crippen LogP contribution in [0.25, 0.3) is 0 Å². The fourth-order valence-corrected chi connectivity index (χ4v) is 1.84. The molecule has 1 aromatic carbocycles. The van der Waals surface area contributed by atoms with Crippen molar-refractivity contribution in [3.8, 4) is 6.07 Å². The number of nitriles is 1. The van der Waals surface area contributed by atoms with Gasteiger partial charge >= 0.3 is 5.97 Å². The number of halogens is 1. The molecule has 1 aromatic heterocycles. The molecule has 0 aliphatic rings. The molecule has 20 heavy (non-hydrogen) atoms. The first-order chi connectivity index (χ1) is 9.52. The van der Waals surface area contributed by atoms with Gasteiger partial charge < -0.3 is 5.11 Å². The minimum Gasteiger partial charge on any atom is -0.477 e. The summed E-state index contributed by atoms with van der Waals surface area (Å²) < 4.78 is 14.2. The molecule has 1 N–H and O–H groups in total. The average Bonchev–Trinajstić information content (AvgIpc) is 2.41. The van der Waals surface area contributed by atoms with Gasteiger partial charge in [-0.05, 0) is 29.8 Å². The van der Waals surface area contributed by atoms with Crippen molar-refractivity contribution in [1.82, 2.24) is 4.57 Å². The Hall–Kier alpha value is -2.94. The number of aromatic nitrogens is 1. The van der Waals surface area contributed by atoms with Gasteiger partial charge in [0.15, 0.2) is 0 Å². The number of aromatic carboxylic acids is 1. The van der Waals surface area contributed by atoms with Crippen molar-refractivity contribution in [2.75, 3.05) is 0 Å². The van der Waals surface area contributed by atoms with E-state index in [1.54, 1.807) is 0 Å². The molecule has 0 unspecified atom stereocenters. The van der Waals surface area contributed by atoms with Gasteiger partial charge in [-0.3, -0.25) is 9.36 Å². The smallest absolute Gasteiger partial charge is 0.352 e. The Kier molecular flexibility index (Phi) is 3.62. The number of nitrogens with zero attached hydrogens (tertiary/aromatic N) is 2. The SMILES string of the molecule is N#Cc1ccc(F)cc1Cn1c(C(=O)O)cccc1=O. The van der Waals surface area contributed by atoms with Crippen LogP contribution in [-0.2, 0) is 6.54 Å². The second-order valence-electron chi connectivity index (χ2n) is 4.05. The number of rotatable bonds is 3. The summed E-state index contributed by atoms with van der Waals surface area (Å²) in [5.74, 6) is -1.82. The predicted octanol–water partition coefficient (Wildman–Crippen LogP) is 1.61. The van der Waals surface area contributed by atoms with Crippen molar-refractivity contribution in [1.29, 1.82) is 5.26 Å². The molecular weight excluding hydrogens is 263 g/mol. The number of hydrogen-bond donors (Lipinski definition) is 1. The summed E-state index contributed by atoms with van der Waals surface area (Å²) in [6.07, 6.45) is 0. The lowest BCUT2D eigenvalue weighted by molar-refractivity contribution is 0.0684. The van der Waals surface area contributed by atoms with Crippen molar-refractivity contribution in [2.45, 2.75) is 6.54 Å². The van der Waals surface area contributed by atoms with Crippen molar-refractivity contribution >= 4 is 5.97 Å². The number of benzene rings is 1. The minimum atomic E-state index is -1.27. The largest absolute Gasteiger partial charge is 0.477 e. The fraction of sp³-hybridized carbons (Fsp3) is 0.0714. The van der Waals surface area contributed by atoms with Gasteiger partial charge in [0.2, 0.25) is 0 Å². The van der Waals surface area contributed by atoms with Crippen LogP contribution in [0.5, 0.6) is 0 Å². The van der Waals surface area contributed by atoms with Gasteiger partial charge in [-0.25, -0.2) is 9.18 Å². The number of pyridine rings is 1. The van der Waals surface area contributed by atoms with E-state index in [4.69, 9.17) is 10.4 Å². The third kappa shape index (κ3) is 2.57. The van der Waals surface area contributed by atoms with E-state index < -0.39 is 17.3 Å². The summed E-state index contributed by atoms with van der Waals surface area (Å²) >= 11 is 0. The van der Waals surface area contributed by atoms with E-state index in [-0.39, 0.29) is 23.4 Å². The second kappa shape index (κ2) is 5.36. The maximum absolute atomic E-state index is 13.2.